The molecule has 100 valence electrons. The van der Waals surface area contributed by atoms with Gasteiger partial charge in [0.2, 0.25) is 5.88 Å². The molecule has 0 saturated carbocycles. The van der Waals surface area contributed by atoms with E-state index in [1.165, 1.54) is 11.9 Å². The molecule has 0 N–H and O–H groups in total. The van der Waals surface area contributed by atoms with Gasteiger partial charge in [-0.3, -0.25) is 0 Å². The van der Waals surface area contributed by atoms with Gasteiger partial charge in [-0.25, -0.2) is 9.97 Å². The highest BCUT2D eigenvalue weighted by Gasteiger charge is 2.08. The zero-order chi connectivity index (χ0) is 13.8. The van der Waals surface area contributed by atoms with Crippen LogP contribution in [-0.4, -0.2) is 9.97 Å². The van der Waals surface area contributed by atoms with Crippen LogP contribution in [0.1, 0.15) is 37.3 Å². The van der Waals surface area contributed by atoms with E-state index in [2.05, 4.69) is 35.9 Å². The number of rotatable bonds is 4. The van der Waals surface area contributed by atoms with E-state index < -0.39 is 0 Å². The van der Waals surface area contributed by atoms with Gasteiger partial charge in [-0.1, -0.05) is 37.6 Å². The lowest BCUT2D eigenvalue weighted by Crippen LogP contribution is -1.95. The number of hydrogen-bond acceptors (Lipinski definition) is 3. The van der Waals surface area contributed by atoms with Gasteiger partial charge >= 0.3 is 0 Å². The van der Waals surface area contributed by atoms with Gasteiger partial charge < -0.3 is 4.74 Å². The molecule has 2 rings (SSSR count). The van der Waals surface area contributed by atoms with E-state index in [4.69, 9.17) is 16.3 Å². The zero-order valence-electron chi connectivity index (χ0n) is 11.4. The van der Waals surface area contributed by atoms with Crippen molar-refractivity contribution >= 4 is 11.6 Å². The lowest BCUT2D eigenvalue weighted by molar-refractivity contribution is 0.457. The Hall–Kier alpha value is -1.61. The van der Waals surface area contributed by atoms with E-state index in [0.29, 0.717) is 17.0 Å². The van der Waals surface area contributed by atoms with Crippen molar-refractivity contribution in [1.82, 2.24) is 9.97 Å². The summed E-state index contributed by atoms with van der Waals surface area (Å²) in [6.45, 7) is 6.23. The topological polar surface area (TPSA) is 35.0 Å². The average molecular weight is 277 g/mol. The van der Waals surface area contributed by atoms with E-state index in [0.717, 1.165) is 17.7 Å². The second-order valence-corrected chi connectivity index (χ2v) is 4.93. The van der Waals surface area contributed by atoms with Crippen molar-refractivity contribution in [3.63, 3.8) is 0 Å². The van der Waals surface area contributed by atoms with Gasteiger partial charge in [-0.2, -0.15) is 0 Å². The molecule has 19 heavy (non-hydrogen) atoms. The van der Waals surface area contributed by atoms with Gasteiger partial charge in [0.25, 0.3) is 0 Å². The van der Waals surface area contributed by atoms with Gasteiger partial charge in [0.1, 0.15) is 17.2 Å². The molecule has 0 bridgehead atoms. The maximum Gasteiger partial charge on any atom is 0.226 e. The quantitative estimate of drug-likeness (QED) is 0.756. The minimum Gasteiger partial charge on any atom is -0.439 e. The lowest BCUT2D eigenvalue weighted by Gasteiger charge is -2.11. The van der Waals surface area contributed by atoms with Crippen LogP contribution >= 0.6 is 11.6 Å². The second kappa shape index (κ2) is 6.02. The normalized spacial score (nSPS) is 12.2. The Morgan fingerprint density at radius 2 is 1.89 bits per heavy atom. The predicted octanol–water partition coefficient (Wildman–Crippen LogP) is 4.74. The van der Waals surface area contributed by atoms with Gasteiger partial charge in [0.05, 0.1) is 0 Å². The summed E-state index contributed by atoms with van der Waals surface area (Å²) < 4.78 is 5.72. The number of hydrogen-bond donors (Lipinski definition) is 0. The molecule has 0 aliphatic heterocycles. The maximum absolute atomic E-state index is 5.93. The van der Waals surface area contributed by atoms with Crippen molar-refractivity contribution in [2.45, 2.75) is 33.1 Å². The Morgan fingerprint density at radius 1 is 1.21 bits per heavy atom. The van der Waals surface area contributed by atoms with Crippen LogP contribution in [0.5, 0.6) is 11.6 Å². The zero-order valence-corrected chi connectivity index (χ0v) is 12.1. The molecule has 2 aromatic rings. The Kier molecular flexibility index (Phi) is 4.38. The third-order valence-corrected chi connectivity index (χ3v) is 3.63. The van der Waals surface area contributed by atoms with Crippen molar-refractivity contribution in [2.75, 3.05) is 0 Å². The Labute approximate surface area is 118 Å². The number of aromatic nitrogens is 2. The third-order valence-electron chi connectivity index (χ3n) is 3.25. The molecule has 0 fully saturated rings. The first kappa shape index (κ1) is 13.8. The largest absolute Gasteiger partial charge is 0.439 e. The van der Waals surface area contributed by atoms with Crippen molar-refractivity contribution in [2.24, 2.45) is 0 Å². The molecule has 0 saturated heterocycles. The van der Waals surface area contributed by atoms with Crippen LogP contribution in [0.3, 0.4) is 0 Å². The predicted molar refractivity (Wildman–Crippen MR) is 77.0 cm³/mol. The molecule has 1 unspecified atom stereocenters. The van der Waals surface area contributed by atoms with Gasteiger partial charge in [0.15, 0.2) is 0 Å². The highest BCUT2D eigenvalue weighted by molar-refractivity contribution is 6.30. The monoisotopic (exact) mass is 276 g/mol. The minimum absolute atomic E-state index is 0.418. The number of ether oxygens (including phenoxy) is 1. The highest BCUT2D eigenvalue weighted by Crippen LogP contribution is 2.27. The average Bonchev–Trinajstić information content (AvgIpc) is 2.44. The Morgan fingerprint density at radius 3 is 2.53 bits per heavy atom. The fraction of sp³-hybridized carbons (Fsp3) is 0.333. The van der Waals surface area contributed by atoms with Crippen LogP contribution in [-0.2, 0) is 0 Å². The highest BCUT2D eigenvalue weighted by atomic mass is 35.5. The third kappa shape index (κ3) is 3.24. The van der Waals surface area contributed by atoms with Crippen molar-refractivity contribution < 1.29 is 4.74 Å². The molecule has 4 heteroatoms. The first-order chi connectivity index (χ1) is 9.11. The molecular weight excluding hydrogens is 260 g/mol. The van der Waals surface area contributed by atoms with Crippen LogP contribution < -0.4 is 4.74 Å². The molecule has 0 radical (unpaired) electrons. The Balaban J connectivity index is 2.18. The van der Waals surface area contributed by atoms with Crippen molar-refractivity contribution in [3.8, 4) is 11.6 Å². The number of benzene rings is 1. The fourth-order valence-corrected chi connectivity index (χ4v) is 1.85. The molecule has 1 atom stereocenters. The van der Waals surface area contributed by atoms with E-state index in [1.807, 2.05) is 19.1 Å². The molecule has 0 aliphatic carbocycles. The van der Waals surface area contributed by atoms with Crippen LogP contribution in [0.15, 0.2) is 30.6 Å². The summed E-state index contributed by atoms with van der Waals surface area (Å²) in [7, 11) is 0. The number of nitrogens with zero attached hydrogens (tertiary/aromatic N) is 2. The van der Waals surface area contributed by atoms with Crippen LogP contribution in [0.2, 0.25) is 5.15 Å². The summed E-state index contributed by atoms with van der Waals surface area (Å²) in [5.41, 5.74) is 2.06. The summed E-state index contributed by atoms with van der Waals surface area (Å²) in [6, 6.07) is 8.08. The van der Waals surface area contributed by atoms with Gasteiger partial charge in [0, 0.05) is 5.56 Å². The first-order valence-corrected chi connectivity index (χ1v) is 6.74. The smallest absolute Gasteiger partial charge is 0.226 e. The van der Waals surface area contributed by atoms with Crippen molar-refractivity contribution in [1.29, 1.82) is 0 Å². The standard InChI is InChI=1S/C15H17ClN2O/c1-4-10(2)12-5-7-13(8-6-12)19-15-11(3)14(16)17-9-18-15/h5-10H,4H2,1-3H3. The summed E-state index contributed by atoms with van der Waals surface area (Å²) in [4.78, 5) is 7.99. The maximum atomic E-state index is 5.93. The molecular formula is C15H17ClN2O. The fourth-order valence-electron chi connectivity index (χ4n) is 1.73. The summed E-state index contributed by atoms with van der Waals surface area (Å²) >= 11 is 5.93. The van der Waals surface area contributed by atoms with E-state index in [9.17, 15) is 0 Å². The Bertz CT molecular complexity index is 555. The summed E-state index contributed by atoms with van der Waals surface area (Å²) in [5, 5.41) is 0.418. The summed E-state index contributed by atoms with van der Waals surface area (Å²) in [5.74, 6) is 1.81. The van der Waals surface area contributed by atoms with Gasteiger partial charge in [-0.05, 0) is 37.0 Å². The molecule has 0 aliphatic rings. The van der Waals surface area contributed by atoms with Crippen LogP contribution in [0, 0.1) is 6.92 Å². The van der Waals surface area contributed by atoms with E-state index in [1.54, 1.807) is 0 Å². The number of halogens is 1. The van der Waals surface area contributed by atoms with Gasteiger partial charge in [-0.15, -0.1) is 0 Å². The molecule has 0 spiro atoms. The lowest BCUT2D eigenvalue weighted by atomic mass is 9.99. The van der Waals surface area contributed by atoms with E-state index >= 15 is 0 Å². The van der Waals surface area contributed by atoms with Crippen molar-refractivity contribution in [3.05, 3.63) is 46.9 Å². The van der Waals surface area contributed by atoms with E-state index in [-0.39, 0.29) is 0 Å². The molecule has 1 aromatic carbocycles. The minimum atomic E-state index is 0.418. The van der Waals surface area contributed by atoms with Crippen LogP contribution in [0.25, 0.3) is 0 Å². The second-order valence-electron chi connectivity index (χ2n) is 4.58. The molecule has 0 amide bonds. The van der Waals surface area contributed by atoms with Crippen LogP contribution in [0.4, 0.5) is 0 Å². The molecule has 1 heterocycles. The molecule has 1 aromatic heterocycles. The molecule has 3 nitrogen and oxygen atoms in total. The summed E-state index contributed by atoms with van der Waals surface area (Å²) in [6.07, 6.45) is 2.53. The SMILES string of the molecule is CCC(C)c1ccc(Oc2ncnc(Cl)c2C)cc1. The first-order valence-electron chi connectivity index (χ1n) is 6.36.